The van der Waals surface area contributed by atoms with Gasteiger partial charge in [0.05, 0.1) is 12.7 Å². The molecule has 78 valence electrons. The molecule has 4 nitrogen and oxygen atoms in total. The second-order valence-corrected chi connectivity index (χ2v) is 3.52. The molecular weight excluding hydrogens is 200 g/mol. The summed E-state index contributed by atoms with van der Waals surface area (Å²) in [5.41, 5.74) is 2.59. The van der Waals surface area contributed by atoms with Gasteiger partial charge in [-0.3, -0.25) is 4.79 Å². The summed E-state index contributed by atoms with van der Waals surface area (Å²) in [4.78, 5) is 21.6. The first-order valence-corrected chi connectivity index (χ1v) is 5.34. The third kappa shape index (κ3) is 4.61. The Balaban J connectivity index is 4.47. The molecule has 0 radical (unpaired) electrons. The molecular formula is C9H14O4Si. The van der Waals surface area contributed by atoms with Crippen LogP contribution in [0.4, 0.5) is 0 Å². The number of aliphatic carboxylic acids is 1. The molecule has 0 saturated carbocycles. The number of rotatable bonds is 4. The number of carboxylic acids is 1. The molecule has 0 heterocycles. The van der Waals surface area contributed by atoms with Crippen molar-refractivity contribution in [3.8, 4) is 0 Å². The standard InChI is InChI=1S/C9H14O4Si/c1-6(5-8(10)11)7(2)9(12)13-3-4-14/h3-4H,5H2,1-2,14H3,(H,10,11). The van der Waals surface area contributed by atoms with Gasteiger partial charge in [0.2, 0.25) is 0 Å². The van der Waals surface area contributed by atoms with E-state index in [4.69, 9.17) is 9.84 Å². The number of hydrogen-bond donors (Lipinski definition) is 1. The number of ether oxygens (including phenoxy) is 1. The predicted octanol–water partition coefficient (Wildman–Crippen LogP) is 0.177. The summed E-state index contributed by atoms with van der Waals surface area (Å²) in [5, 5.41) is 8.50. The first-order chi connectivity index (χ1) is 6.49. The van der Waals surface area contributed by atoms with Crippen molar-refractivity contribution in [2.24, 2.45) is 0 Å². The molecule has 0 spiro atoms. The molecule has 0 aliphatic heterocycles. The van der Waals surface area contributed by atoms with Crippen molar-refractivity contribution in [3.63, 3.8) is 0 Å². The Morgan fingerprint density at radius 1 is 1.43 bits per heavy atom. The molecule has 0 unspecified atom stereocenters. The second-order valence-electron chi connectivity index (χ2n) is 2.85. The largest absolute Gasteiger partial charge is 0.481 e. The highest BCUT2D eigenvalue weighted by atomic mass is 28.1. The van der Waals surface area contributed by atoms with E-state index < -0.39 is 11.9 Å². The zero-order valence-electron chi connectivity index (χ0n) is 8.53. The fraction of sp³-hybridized carbons (Fsp3) is 0.333. The molecule has 0 aromatic heterocycles. The quantitative estimate of drug-likeness (QED) is 0.314. The molecule has 0 saturated heterocycles. The third-order valence-electron chi connectivity index (χ3n) is 1.67. The maximum absolute atomic E-state index is 11.2. The Bertz CT molecular complexity index is 291. The molecule has 0 atom stereocenters. The van der Waals surface area contributed by atoms with Gasteiger partial charge in [-0.25, -0.2) is 4.79 Å². The molecule has 0 aliphatic carbocycles. The summed E-state index contributed by atoms with van der Waals surface area (Å²) >= 11 is 0. The summed E-state index contributed by atoms with van der Waals surface area (Å²) in [6.45, 7) is 3.16. The minimum absolute atomic E-state index is 0.133. The fourth-order valence-corrected chi connectivity index (χ4v) is 0.888. The molecule has 0 aromatic carbocycles. The summed E-state index contributed by atoms with van der Waals surface area (Å²) in [6.07, 6.45) is 1.19. The summed E-state index contributed by atoms with van der Waals surface area (Å²) in [7, 11) is 0.817. The van der Waals surface area contributed by atoms with Crippen molar-refractivity contribution < 1.29 is 19.4 Å². The lowest BCUT2D eigenvalue weighted by molar-refractivity contribution is -0.136. The highest BCUT2D eigenvalue weighted by Gasteiger charge is 2.10. The lowest BCUT2D eigenvalue weighted by atomic mass is 10.1. The van der Waals surface area contributed by atoms with E-state index in [-0.39, 0.29) is 6.42 Å². The normalized spacial score (nSPS) is 12.7. The highest BCUT2D eigenvalue weighted by Crippen LogP contribution is 2.09. The molecule has 5 heteroatoms. The Labute approximate surface area is 85.7 Å². The van der Waals surface area contributed by atoms with Gasteiger partial charge < -0.3 is 9.84 Å². The van der Waals surface area contributed by atoms with Gasteiger partial charge in [0, 0.05) is 15.8 Å². The number of carbonyl (C=O) groups is 2. The van der Waals surface area contributed by atoms with Gasteiger partial charge in [-0.2, -0.15) is 0 Å². The van der Waals surface area contributed by atoms with Crippen molar-refractivity contribution in [2.75, 3.05) is 0 Å². The van der Waals surface area contributed by atoms with Crippen LogP contribution in [0.25, 0.3) is 0 Å². The van der Waals surface area contributed by atoms with Crippen LogP contribution in [-0.4, -0.2) is 27.3 Å². The molecule has 1 N–H and O–H groups in total. The van der Waals surface area contributed by atoms with E-state index in [1.807, 2.05) is 0 Å². The van der Waals surface area contributed by atoms with Crippen LogP contribution in [-0.2, 0) is 14.3 Å². The lowest BCUT2D eigenvalue weighted by Crippen LogP contribution is -2.06. The fourth-order valence-electron chi connectivity index (χ4n) is 0.752. The van der Waals surface area contributed by atoms with Crippen LogP contribution in [0.5, 0.6) is 0 Å². The molecule has 0 fully saturated rings. The van der Waals surface area contributed by atoms with E-state index in [0.29, 0.717) is 11.1 Å². The van der Waals surface area contributed by atoms with Crippen LogP contribution in [0.1, 0.15) is 20.3 Å². The molecule has 0 bridgehead atoms. The first kappa shape index (κ1) is 12.6. The van der Waals surface area contributed by atoms with Crippen LogP contribution >= 0.6 is 0 Å². The lowest BCUT2D eigenvalue weighted by Gasteiger charge is -2.03. The van der Waals surface area contributed by atoms with Crippen molar-refractivity contribution >= 4 is 22.2 Å². The van der Waals surface area contributed by atoms with E-state index in [2.05, 4.69) is 0 Å². The number of carboxylic acid groups (broad SMARTS) is 1. The summed E-state index contributed by atoms with van der Waals surface area (Å²) in [5.74, 6) is -1.44. The Kier molecular flexibility index (Phi) is 5.55. The Morgan fingerprint density at radius 2 is 2.00 bits per heavy atom. The molecule has 14 heavy (non-hydrogen) atoms. The SMILES string of the molecule is CC(CC(=O)O)=C(C)C(=O)OC=C[SiH3]. The third-order valence-corrected chi connectivity index (χ3v) is 1.95. The second kappa shape index (κ2) is 6.15. The summed E-state index contributed by atoms with van der Waals surface area (Å²) in [6, 6.07) is 0. The van der Waals surface area contributed by atoms with Crippen LogP contribution in [0, 0.1) is 0 Å². The van der Waals surface area contributed by atoms with Gasteiger partial charge in [0.1, 0.15) is 0 Å². The van der Waals surface area contributed by atoms with Crippen molar-refractivity contribution in [1.29, 1.82) is 0 Å². The Hall–Kier alpha value is -1.36. The van der Waals surface area contributed by atoms with Gasteiger partial charge in [-0.15, -0.1) is 0 Å². The average Bonchev–Trinajstić information content (AvgIpc) is 2.11. The van der Waals surface area contributed by atoms with Gasteiger partial charge in [0.25, 0.3) is 0 Å². The topological polar surface area (TPSA) is 63.6 Å². The van der Waals surface area contributed by atoms with Crippen molar-refractivity contribution in [1.82, 2.24) is 0 Å². The van der Waals surface area contributed by atoms with Gasteiger partial charge >= 0.3 is 11.9 Å². The average molecular weight is 214 g/mol. The van der Waals surface area contributed by atoms with E-state index >= 15 is 0 Å². The highest BCUT2D eigenvalue weighted by molar-refractivity contribution is 6.16. The van der Waals surface area contributed by atoms with Crippen LogP contribution in [0.2, 0.25) is 0 Å². The minimum Gasteiger partial charge on any atom is -0.481 e. The van der Waals surface area contributed by atoms with E-state index in [1.165, 1.54) is 6.26 Å². The monoisotopic (exact) mass is 214 g/mol. The smallest absolute Gasteiger partial charge is 0.338 e. The van der Waals surface area contributed by atoms with Crippen molar-refractivity contribution in [3.05, 3.63) is 23.1 Å². The Morgan fingerprint density at radius 3 is 2.43 bits per heavy atom. The van der Waals surface area contributed by atoms with Gasteiger partial charge in [-0.1, -0.05) is 11.3 Å². The van der Waals surface area contributed by atoms with Gasteiger partial charge in [0.15, 0.2) is 0 Å². The molecule has 0 aromatic rings. The minimum atomic E-state index is -0.951. The maximum Gasteiger partial charge on any atom is 0.338 e. The zero-order valence-corrected chi connectivity index (χ0v) is 10.5. The molecule has 0 amide bonds. The van der Waals surface area contributed by atoms with E-state index in [1.54, 1.807) is 19.5 Å². The van der Waals surface area contributed by atoms with Crippen LogP contribution in [0.3, 0.4) is 0 Å². The molecule has 0 aliphatic rings. The van der Waals surface area contributed by atoms with Crippen LogP contribution < -0.4 is 0 Å². The number of esters is 1. The van der Waals surface area contributed by atoms with E-state index in [9.17, 15) is 9.59 Å². The van der Waals surface area contributed by atoms with E-state index in [0.717, 1.165) is 10.2 Å². The number of carbonyl (C=O) groups excluding carboxylic acids is 1. The summed E-state index contributed by atoms with van der Waals surface area (Å²) < 4.78 is 4.72. The molecule has 0 rings (SSSR count). The van der Waals surface area contributed by atoms with Crippen LogP contribution in [0.15, 0.2) is 23.1 Å². The maximum atomic E-state index is 11.2. The first-order valence-electron chi connectivity index (χ1n) is 4.19. The van der Waals surface area contributed by atoms with Gasteiger partial charge in [-0.05, 0) is 13.8 Å². The number of hydrogen-bond acceptors (Lipinski definition) is 3. The van der Waals surface area contributed by atoms with Crippen molar-refractivity contribution in [2.45, 2.75) is 20.3 Å². The predicted molar refractivity (Wildman–Crippen MR) is 55.8 cm³/mol. The zero-order chi connectivity index (χ0) is 11.1.